The van der Waals surface area contributed by atoms with Gasteiger partial charge >= 0.3 is 6.18 Å². The van der Waals surface area contributed by atoms with Gasteiger partial charge in [0.1, 0.15) is 13.2 Å². The first kappa shape index (κ1) is 17.5. The van der Waals surface area contributed by atoms with Crippen molar-refractivity contribution >= 4 is 18.3 Å². The van der Waals surface area contributed by atoms with Crippen LogP contribution in [0, 0.1) is 5.92 Å². The topological polar surface area (TPSA) is 41.6 Å². The van der Waals surface area contributed by atoms with Crippen LogP contribution in [0.1, 0.15) is 6.42 Å². The van der Waals surface area contributed by atoms with Gasteiger partial charge in [0.05, 0.1) is 0 Å². The highest BCUT2D eigenvalue weighted by atomic mass is 35.5. The van der Waals surface area contributed by atoms with Gasteiger partial charge in [-0.1, -0.05) is 0 Å². The molecule has 1 aliphatic heterocycles. The first-order valence-electron chi connectivity index (χ1n) is 5.49. The van der Waals surface area contributed by atoms with Gasteiger partial charge in [0.2, 0.25) is 5.91 Å². The lowest BCUT2D eigenvalue weighted by molar-refractivity contribution is -0.177. The summed E-state index contributed by atoms with van der Waals surface area (Å²) in [6.07, 6.45) is -3.49. The molecule has 8 heteroatoms. The van der Waals surface area contributed by atoms with E-state index in [9.17, 15) is 18.0 Å². The molecule has 0 aromatic rings. The number of rotatable bonds is 5. The molecule has 0 bridgehead atoms. The first-order valence-corrected chi connectivity index (χ1v) is 5.49. The summed E-state index contributed by atoms with van der Waals surface area (Å²) in [7, 11) is 1.83. The van der Waals surface area contributed by atoms with Crippen LogP contribution in [0.4, 0.5) is 13.2 Å². The van der Waals surface area contributed by atoms with Gasteiger partial charge < -0.3 is 15.0 Å². The molecule has 0 saturated carbocycles. The molecule has 1 unspecified atom stereocenters. The molecule has 0 radical (unpaired) electrons. The monoisotopic (exact) mass is 290 g/mol. The maximum absolute atomic E-state index is 11.8. The molecule has 4 nitrogen and oxygen atoms in total. The Morgan fingerprint density at radius 3 is 2.72 bits per heavy atom. The van der Waals surface area contributed by atoms with Gasteiger partial charge in [-0.15, -0.1) is 12.4 Å². The SMILES string of the molecule is CNCC1CCN(C(=O)COCC(F)(F)F)C1.Cl. The van der Waals surface area contributed by atoms with Crippen molar-refractivity contribution in [1.82, 2.24) is 10.2 Å². The van der Waals surface area contributed by atoms with Crippen LogP contribution in [0.2, 0.25) is 0 Å². The van der Waals surface area contributed by atoms with E-state index in [-0.39, 0.29) is 18.3 Å². The van der Waals surface area contributed by atoms with Crippen molar-refractivity contribution in [1.29, 1.82) is 0 Å². The molecule has 1 fully saturated rings. The van der Waals surface area contributed by atoms with Crippen LogP contribution in [-0.4, -0.2) is 56.9 Å². The number of hydrogen-bond acceptors (Lipinski definition) is 3. The van der Waals surface area contributed by atoms with Crippen molar-refractivity contribution in [3.8, 4) is 0 Å². The van der Waals surface area contributed by atoms with E-state index in [0.29, 0.717) is 19.0 Å². The van der Waals surface area contributed by atoms with Gasteiger partial charge in [-0.05, 0) is 25.9 Å². The third kappa shape index (κ3) is 6.42. The summed E-state index contributed by atoms with van der Waals surface area (Å²) in [5, 5.41) is 3.01. The average Bonchev–Trinajstić information content (AvgIpc) is 2.65. The Bertz CT molecular complexity index is 264. The number of likely N-dealkylation sites (tertiary alicyclic amines) is 1. The van der Waals surface area contributed by atoms with Crippen LogP contribution in [-0.2, 0) is 9.53 Å². The van der Waals surface area contributed by atoms with Crippen molar-refractivity contribution in [2.45, 2.75) is 12.6 Å². The van der Waals surface area contributed by atoms with E-state index in [1.807, 2.05) is 7.05 Å². The van der Waals surface area contributed by atoms with Crippen molar-refractivity contribution in [3.63, 3.8) is 0 Å². The van der Waals surface area contributed by atoms with E-state index in [1.165, 1.54) is 0 Å². The zero-order valence-corrected chi connectivity index (χ0v) is 10.9. The largest absolute Gasteiger partial charge is 0.411 e. The van der Waals surface area contributed by atoms with Gasteiger partial charge in [-0.3, -0.25) is 4.79 Å². The molecular formula is C10H18ClF3N2O2. The van der Waals surface area contributed by atoms with E-state index >= 15 is 0 Å². The van der Waals surface area contributed by atoms with Crippen LogP contribution in [0.25, 0.3) is 0 Å². The zero-order chi connectivity index (χ0) is 12.9. The second-order valence-corrected chi connectivity index (χ2v) is 4.16. The fourth-order valence-electron chi connectivity index (χ4n) is 1.86. The second kappa shape index (κ2) is 7.81. The summed E-state index contributed by atoms with van der Waals surface area (Å²) >= 11 is 0. The predicted octanol–water partition coefficient (Wildman–Crippen LogP) is 1.05. The molecule has 1 N–H and O–H groups in total. The number of alkyl halides is 3. The minimum Gasteiger partial charge on any atom is -0.362 e. The molecule has 0 aromatic carbocycles. The molecule has 1 atom stereocenters. The van der Waals surface area contributed by atoms with Crippen LogP contribution < -0.4 is 5.32 Å². The fraction of sp³-hybridized carbons (Fsp3) is 0.900. The lowest BCUT2D eigenvalue weighted by atomic mass is 10.1. The molecule has 1 saturated heterocycles. The van der Waals surface area contributed by atoms with Gasteiger partial charge in [-0.25, -0.2) is 0 Å². The summed E-state index contributed by atoms with van der Waals surface area (Å²) in [5.41, 5.74) is 0. The Balaban J connectivity index is 0.00000289. The van der Waals surface area contributed by atoms with Crippen LogP contribution in [0.15, 0.2) is 0 Å². The number of hydrogen-bond donors (Lipinski definition) is 1. The van der Waals surface area contributed by atoms with Crippen LogP contribution >= 0.6 is 12.4 Å². The summed E-state index contributed by atoms with van der Waals surface area (Å²) in [4.78, 5) is 13.0. The molecule has 0 aromatic heterocycles. The molecule has 1 heterocycles. The minimum atomic E-state index is -4.38. The Labute approximate surface area is 110 Å². The standard InChI is InChI=1S/C10H17F3N2O2.ClH/c1-14-4-8-2-3-15(5-8)9(16)6-17-7-10(11,12)13;/h8,14H,2-7H2,1H3;1H. The molecule has 1 amide bonds. The first-order chi connectivity index (χ1) is 7.92. The molecule has 108 valence electrons. The third-order valence-corrected chi connectivity index (χ3v) is 2.62. The lowest BCUT2D eigenvalue weighted by Gasteiger charge is -2.17. The number of ether oxygens (including phenoxy) is 1. The molecule has 1 rings (SSSR count). The molecule has 0 aliphatic carbocycles. The Kier molecular flexibility index (Phi) is 7.58. The highest BCUT2D eigenvalue weighted by Gasteiger charge is 2.29. The maximum atomic E-state index is 11.8. The number of carbonyl (C=O) groups excluding carboxylic acids is 1. The van der Waals surface area contributed by atoms with Crippen molar-refractivity contribution in [2.75, 3.05) is 39.9 Å². The van der Waals surface area contributed by atoms with E-state index in [1.54, 1.807) is 4.90 Å². The van der Waals surface area contributed by atoms with E-state index in [2.05, 4.69) is 10.1 Å². The smallest absolute Gasteiger partial charge is 0.362 e. The molecular weight excluding hydrogens is 273 g/mol. The quantitative estimate of drug-likeness (QED) is 0.823. The Morgan fingerprint density at radius 2 is 2.17 bits per heavy atom. The summed E-state index contributed by atoms with van der Waals surface area (Å²) < 4.78 is 39.7. The van der Waals surface area contributed by atoms with Gasteiger partial charge in [0, 0.05) is 13.1 Å². The number of nitrogens with zero attached hydrogens (tertiary/aromatic N) is 1. The third-order valence-electron chi connectivity index (χ3n) is 2.62. The van der Waals surface area contributed by atoms with E-state index in [4.69, 9.17) is 0 Å². The van der Waals surface area contributed by atoms with E-state index in [0.717, 1.165) is 13.0 Å². The maximum Gasteiger partial charge on any atom is 0.411 e. The molecule has 18 heavy (non-hydrogen) atoms. The van der Waals surface area contributed by atoms with Crippen molar-refractivity contribution in [2.24, 2.45) is 5.92 Å². The fourth-order valence-corrected chi connectivity index (χ4v) is 1.86. The number of carbonyl (C=O) groups is 1. The number of nitrogens with one attached hydrogen (secondary N) is 1. The zero-order valence-electron chi connectivity index (χ0n) is 10.1. The normalized spacial score (nSPS) is 19.8. The Hall–Kier alpha value is -0.530. The number of halogens is 4. The van der Waals surface area contributed by atoms with Gasteiger partial charge in [0.25, 0.3) is 0 Å². The highest BCUT2D eigenvalue weighted by Crippen LogP contribution is 2.17. The second-order valence-electron chi connectivity index (χ2n) is 4.16. The van der Waals surface area contributed by atoms with Crippen molar-refractivity contribution in [3.05, 3.63) is 0 Å². The van der Waals surface area contributed by atoms with Gasteiger partial charge in [-0.2, -0.15) is 13.2 Å². The summed E-state index contributed by atoms with van der Waals surface area (Å²) in [6, 6.07) is 0. The predicted molar refractivity (Wildman–Crippen MR) is 62.7 cm³/mol. The highest BCUT2D eigenvalue weighted by molar-refractivity contribution is 5.85. The minimum absolute atomic E-state index is 0. The number of amides is 1. The molecule has 1 aliphatic rings. The summed E-state index contributed by atoms with van der Waals surface area (Å²) in [5.74, 6) is 0.0134. The van der Waals surface area contributed by atoms with Gasteiger partial charge in [0.15, 0.2) is 0 Å². The summed E-state index contributed by atoms with van der Waals surface area (Å²) in [6.45, 7) is 0.140. The molecule has 0 spiro atoms. The van der Waals surface area contributed by atoms with E-state index < -0.39 is 19.4 Å². The lowest BCUT2D eigenvalue weighted by Crippen LogP contribution is -2.34. The average molecular weight is 291 g/mol. The van der Waals surface area contributed by atoms with Crippen molar-refractivity contribution < 1.29 is 22.7 Å². The Morgan fingerprint density at radius 1 is 1.50 bits per heavy atom. The van der Waals surface area contributed by atoms with Crippen LogP contribution in [0.3, 0.4) is 0 Å². The van der Waals surface area contributed by atoms with Crippen LogP contribution in [0.5, 0.6) is 0 Å².